The molecular formula is C12H15NO4. The minimum Gasteiger partial charge on any atom is -0.469 e. The summed E-state index contributed by atoms with van der Waals surface area (Å²) < 4.78 is 9.37. The van der Waals surface area contributed by atoms with Gasteiger partial charge >= 0.3 is 11.9 Å². The maximum atomic E-state index is 11.4. The van der Waals surface area contributed by atoms with E-state index in [2.05, 4.69) is 4.74 Å². The molecule has 0 fully saturated rings. The maximum absolute atomic E-state index is 11.4. The Hall–Kier alpha value is -1.88. The molecule has 92 valence electrons. The number of esters is 2. The van der Waals surface area contributed by atoms with Crippen molar-refractivity contribution in [2.75, 3.05) is 7.11 Å². The van der Waals surface area contributed by atoms with E-state index in [4.69, 9.17) is 10.5 Å². The minimum atomic E-state index is -0.980. The summed E-state index contributed by atoms with van der Waals surface area (Å²) in [5.74, 6) is -1.14. The van der Waals surface area contributed by atoms with Gasteiger partial charge in [0.25, 0.3) is 0 Å². The quantitative estimate of drug-likeness (QED) is 0.759. The maximum Gasteiger partial charge on any atom is 0.323 e. The fourth-order valence-corrected chi connectivity index (χ4v) is 1.18. The van der Waals surface area contributed by atoms with Gasteiger partial charge in [-0.05, 0) is 5.56 Å². The molecule has 0 bridgehead atoms. The van der Waals surface area contributed by atoms with Crippen LogP contribution in [0.3, 0.4) is 0 Å². The van der Waals surface area contributed by atoms with E-state index in [0.29, 0.717) is 0 Å². The molecule has 1 atom stereocenters. The van der Waals surface area contributed by atoms with Crippen LogP contribution in [0.15, 0.2) is 30.3 Å². The van der Waals surface area contributed by atoms with Gasteiger partial charge in [0.15, 0.2) is 0 Å². The number of carbonyl (C=O) groups excluding carboxylic acids is 2. The molecule has 1 unspecified atom stereocenters. The first-order valence-corrected chi connectivity index (χ1v) is 5.16. The first-order chi connectivity index (χ1) is 8.13. The normalized spacial score (nSPS) is 11.6. The topological polar surface area (TPSA) is 78.6 Å². The highest BCUT2D eigenvalue weighted by atomic mass is 16.5. The summed E-state index contributed by atoms with van der Waals surface area (Å²) in [6, 6.07) is 8.24. The zero-order valence-corrected chi connectivity index (χ0v) is 9.59. The fraction of sp³-hybridized carbons (Fsp3) is 0.333. The van der Waals surface area contributed by atoms with Crippen molar-refractivity contribution in [3.8, 4) is 0 Å². The van der Waals surface area contributed by atoms with Crippen LogP contribution < -0.4 is 5.73 Å². The second-order valence-corrected chi connectivity index (χ2v) is 3.48. The Morgan fingerprint density at radius 2 is 1.94 bits per heavy atom. The molecule has 5 nitrogen and oxygen atoms in total. The molecule has 2 N–H and O–H groups in total. The van der Waals surface area contributed by atoms with Gasteiger partial charge in [-0.3, -0.25) is 9.59 Å². The monoisotopic (exact) mass is 237 g/mol. The predicted octanol–water partition coefficient (Wildman–Crippen LogP) is 0.620. The number of carbonyl (C=O) groups is 2. The van der Waals surface area contributed by atoms with Gasteiger partial charge in [-0.2, -0.15) is 0 Å². The van der Waals surface area contributed by atoms with Gasteiger partial charge < -0.3 is 15.2 Å². The van der Waals surface area contributed by atoms with Gasteiger partial charge in [0.05, 0.1) is 13.5 Å². The Kier molecular flexibility index (Phi) is 5.16. The fourth-order valence-electron chi connectivity index (χ4n) is 1.18. The molecule has 1 aromatic rings. The SMILES string of the molecule is COC(=O)CC(N)C(=O)OCc1ccccc1. The third-order valence-electron chi connectivity index (χ3n) is 2.14. The Labute approximate surface area is 99.5 Å². The van der Waals surface area contributed by atoms with Crippen LogP contribution in [0.1, 0.15) is 12.0 Å². The third-order valence-corrected chi connectivity index (χ3v) is 2.14. The third kappa shape index (κ3) is 4.65. The lowest BCUT2D eigenvalue weighted by atomic mass is 10.2. The zero-order valence-electron chi connectivity index (χ0n) is 9.59. The molecule has 17 heavy (non-hydrogen) atoms. The van der Waals surface area contributed by atoms with Crippen LogP contribution in [0.2, 0.25) is 0 Å². The van der Waals surface area contributed by atoms with Crippen molar-refractivity contribution < 1.29 is 19.1 Å². The molecule has 0 amide bonds. The summed E-state index contributed by atoms with van der Waals surface area (Å²) in [5, 5.41) is 0. The summed E-state index contributed by atoms with van der Waals surface area (Å²) in [4.78, 5) is 22.3. The highest BCUT2D eigenvalue weighted by Gasteiger charge is 2.19. The molecule has 0 spiro atoms. The number of ether oxygens (including phenoxy) is 2. The van der Waals surface area contributed by atoms with Crippen LogP contribution in [0.25, 0.3) is 0 Å². The number of methoxy groups -OCH3 is 1. The average Bonchev–Trinajstić information content (AvgIpc) is 2.36. The summed E-state index contributed by atoms with van der Waals surface area (Å²) in [5.41, 5.74) is 6.35. The first kappa shape index (κ1) is 13.2. The van der Waals surface area contributed by atoms with Crippen molar-refractivity contribution in [1.29, 1.82) is 0 Å². The van der Waals surface area contributed by atoms with E-state index >= 15 is 0 Å². The van der Waals surface area contributed by atoms with Gasteiger partial charge in [0.1, 0.15) is 12.6 Å². The molecule has 0 aliphatic rings. The van der Waals surface area contributed by atoms with Gasteiger partial charge in [-0.15, -0.1) is 0 Å². The summed E-state index contributed by atoms with van der Waals surface area (Å²) >= 11 is 0. The van der Waals surface area contributed by atoms with E-state index in [9.17, 15) is 9.59 Å². The van der Waals surface area contributed by atoms with E-state index in [1.165, 1.54) is 7.11 Å². The molecule has 0 aliphatic carbocycles. The second kappa shape index (κ2) is 6.65. The van der Waals surface area contributed by atoms with Crippen molar-refractivity contribution in [3.63, 3.8) is 0 Å². The number of rotatable bonds is 5. The van der Waals surface area contributed by atoms with Crippen molar-refractivity contribution in [1.82, 2.24) is 0 Å². The highest BCUT2D eigenvalue weighted by molar-refractivity contribution is 5.82. The Bertz CT molecular complexity index is 377. The van der Waals surface area contributed by atoms with Crippen molar-refractivity contribution in [2.45, 2.75) is 19.1 Å². The van der Waals surface area contributed by atoms with Crippen LogP contribution >= 0.6 is 0 Å². The van der Waals surface area contributed by atoms with Crippen LogP contribution in [-0.2, 0) is 25.7 Å². The Morgan fingerprint density at radius 1 is 1.29 bits per heavy atom. The predicted molar refractivity (Wildman–Crippen MR) is 60.8 cm³/mol. The van der Waals surface area contributed by atoms with Crippen LogP contribution in [0, 0.1) is 0 Å². The molecular weight excluding hydrogens is 222 g/mol. The lowest BCUT2D eigenvalue weighted by Crippen LogP contribution is -2.34. The summed E-state index contributed by atoms with van der Waals surface area (Å²) in [7, 11) is 1.24. The zero-order chi connectivity index (χ0) is 12.7. The molecule has 0 saturated heterocycles. The highest BCUT2D eigenvalue weighted by Crippen LogP contribution is 2.02. The molecule has 0 aliphatic heterocycles. The van der Waals surface area contributed by atoms with Crippen molar-refractivity contribution in [2.24, 2.45) is 5.73 Å². The van der Waals surface area contributed by atoms with Gasteiger partial charge in [-0.1, -0.05) is 30.3 Å². The average molecular weight is 237 g/mol. The number of benzene rings is 1. The smallest absolute Gasteiger partial charge is 0.323 e. The molecule has 5 heteroatoms. The van der Waals surface area contributed by atoms with E-state index in [1.807, 2.05) is 30.3 Å². The summed E-state index contributed by atoms with van der Waals surface area (Å²) in [6.07, 6.45) is -0.176. The Morgan fingerprint density at radius 3 is 2.53 bits per heavy atom. The standard InChI is InChI=1S/C12H15NO4/c1-16-11(14)7-10(13)12(15)17-8-9-5-3-2-4-6-9/h2-6,10H,7-8,13H2,1H3. The van der Waals surface area contributed by atoms with Crippen LogP contribution in [0.5, 0.6) is 0 Å². The van der Waals surface area contributed by atoms with Crippen molar-refractivity contribution >= 4 is 11.9 Å². The largest absolute Gasteiger partial charge is 0.469 e. The lowest BCUT2D eigenvalue weighted by Gasteiger charge is -2.10. The number of hydrogen-bond acceptors (Lipinski definition) is 5. The van der Waals surface area contributed by atoms with E-state index < -0.39 is 18.0 Å². The lowest BCUT2D eigenvalue weighted by molar-refractivity contribution is -0.151. The van der Waals surface area contributed by atoms with Gasteiger partial charge in [0.2, 0.25) is 0 Å². The summed E-state index contributed by atoms with van der Waals surface area (Å²) in [6.45, 7) is 0.147. The van der Waals surface area contributed by atoms with Crippen LogP contribution in [-0.4, -0.2) is 25.1 Å². The first-order valence-electron chi connectivity index (χ1n) is 5.16. The van der Waals surface area contributed by atoms with Crippen LogP contribution in [0.4, 0.5) is 0 Å². The second-order valence-electron chi connectivity index (χ2n) is 3.48. The molecule has 0 aromatic heterocycles. The van der Waals surface area contributed by atoms with Gasteiger partial charge in [-0.25, -0.2) is 0 Å². The van der Waals surface area contributed by atoms with E-state index in [0.717, 1.165) is 5.56 Å². The molecule has 0 radical (unpaired) electrons. The van der Waals surface area contributed by atoms with Crippen molar-refractivity contribution in [3.05, 3.63) is 35.9 Å². The minimum absolute atomic E-state index is 0.147. The molecule has 0 heterocycles. The van der Waals surface area contributed by atoms with E-state index in [-0.39, 0.29) is 13.0 Å². The Balaban J connectivity index is 2.37. The van der Waals surface area contributed by atoms with E-state index in [1.54, 1.807) is 0 Å². The number of hydrogen-bond donors (Lipinski definition) is 1. The molecule has 0 saturated carbocycles. The number of nitrogens with two attached hydrogens (primary N) is 1. The molecule has 1 aromatic carbocycles. The molecule has 1 rings (SSSR count). The van der Waals surface area contributed by atoms with Gasteiger partial charge in [0, 0.05) is 0 Å².